The SMILES string of the molecule is CN(CC1CCCCC1)S(=O)(=O)c1cccc(F)c1C#N. The van der Waals surface area contributed by atoms with E-state index in [0.717, 1.165) is 31.7 Å². The first kappa shape index (κ1) is 15.9. The second kappa shape index (κ2) is 6.54. The lowest BCUT2D eigenvalue weighted by Crippen LogP contribution is -2.33. The molecule has 0 amide bonds. The van der Waals surface area contributed by atoms with E-state index in [2.05, 4.69) is 0 Å². The van der Waals surface area contributed by atoms with E-state index in [9.17, 15) is 12.8 Å². The molecule has 4 nitrogen and oxygen atoms in total. The number of halogens is 1. The molecular weight excluding hydrogens is 291 g/mol. The predicted octanol–water partition coefficient (Wildman–Crippen LogP) is 2.90. The number of nitrogens with zero attached hydrogens (tertiary/aromatic N) is 2. The van der Waals surface area contributed by atoms with Crippen LogP contribution in [0.2, 0.25) is 0 Å². The summed E-state index contributed by atoms with van der Waals surface area (Å²) in [5.74, 6) is -0.456. The van der Waals surface area contributed by atoms with Crippen molar-refractivity contribution in [1.29, 1.82) is 5.26 Å². The van der Waals surface area contributed by atoms with Crippen LogP contribution in [0.1, 0.15) is 37.7 Å². The third-order valence-electron chi connectivity index (χ3n) is 4.02. The highest BCUT2D eigenvalue weighted by atomic mass is 32.2. The molecule has 1 aromatic rings. The second-order valence-corrected chi connectivity index (χ2v) is 7.53. The Bertz CT molecular complexity index is 646. The highest BCUT2D eigenvalue weighted by Crippen LogP contribution is 2.27. The fourth-order valence-corrected chi connectivity index (χ4v) is 4.22. The molecule has 1 aliphatic rings. The van der Waals surface area contributed by atoms with Crippen molar-refractivity contribution >= 4 is 10.0 Å². The summed E-state index contributed by atoms with van der Waals surface area (Å²) in [6, 6.07) is 5.35. The summed E-state index contributed by atoms with van der Waals surface area (Å²) in [4.78, 5) is -0.247. The Labute approximate surface area is 125 Å². The van der Waals surface area contributed by atoms with E-state index in [1.54, 1.807) is 6.07 Å². The highest BCUT2D eigenvalue weighted by molar-refractivity contribution is 7.89. The Morgan fingerprint density at radius 1 is 1.33 bits per heavy atom. The lowest BCUT2D eigenvalue weighted by molar-refractivity contribution is 0.300. The van der Waals surface area contributed by atoms with Crippen molar-refractivity contribution in [2.45, 2.75) is 37.0 Å². The van der Waals surface area contributed by atoms with Gasteiger partial charge in [-0.3, -0.25) is 0 Å². The number of nitriles is 1. The summed E-state index contributed by atoms with van der Waals surface area (Å²) in [5, 5.41) is 8.99. The molecule has 21 heavy (non-hydrogen) atoms. The Morgan fingerprint density at radius 2 is 2.00 bits per heavy atom. The summed E-state index contributed by atoms with van der Waals surface area (Å²) >= 11 is 0. The van der Waals surface area contributed by atoms with E-state index in [1.165, 1.54) is 29.9 Å². The van der Waals surface area contributed by atoms with Gasteiger partial charge in [0.2, 0.25) is 10.0 Å². The van der Waals surface area contributed by atoms with E-state index in [4.69, 9.17) is 5.26 Å². The summed E-state index contributed by atoms with van der Waals surface area (Å²) in [7, 11) is -2.34. The zero-order chi connectivity index (χ0) is 15.5. The molecule has 1 saturated carbocycles. The first-order chi connectivity index (χ1) is 9.96. The maximum Gasteiger partial charge on any atom is 0.244 e. The number of rotatable bonds is 4. The maximum absolute atomic E-state index is 13.6. The Balaban J connectivity index is 2.25. The standard InChI is InChI=1S/C15H19FN2O2S/c1-18(11-12-6-3-2-4-7-12)21(19,20)15-9-5-8-14(16)13(15)10-17/h5,8-9,12H,2-4,6-7,11H2,1H3. The molecule has 0 aliphatic heterocycles. The van der Waals surface area contributed by atoms with Gasteiger partial charge in [0.05, 0.1) is 0 Å². The molecule has 2 rings (SSSR count). The zero-order valence-electron chi connectivity index (χ0n) is 12.0. The molecule has 0 saturated heterocycles. The molecule has 0 radical (unpaired) electrons. The number of hydrogen-bond donors (Lipinski definition) is 0. The second-order valence-electron chi connectivity index (χ2n) is 5.51. The fourth-order valence-electron chi connectivity index (χ4n) is 2.83. The van der Waals surface area contributed by atoms with Gasteiger partial charge in [-0.05, 0) is 30.9 Å². The van der Waals surface area contributed by atoms with Gasteiger partial charge in [-0.1, -0.05) is 25.3 Å². The summed E-state index contributed by atoms with van der Waals surface area (Å²) in [6.45, 7) is 0.420. The van der Waals surface area contributed by atoms with Crippen LogP contribution in [0.5, 0.6) is 0 Å². The van der Waals surface area contributed by atoms with Crippen LogP contribution < -0.4 is 0 Å². The zero-order valence-corrected chi connectivity index (χ0v) is 12.9. The molecule has 1 aromatic carbocycles. The van der Waals surface area contributed by atoms with Crippen LogP contribution >= 0.6 is 0 Å². The molecule has 114 valence electrons. The van der Waals surface area contributed by atoms with Crippen molar-refractivity contribution in [3.05, 3.63) is 29.6 Å². The maximum atomic E-state index is 13.6. The molecule has 1 fully saturated rings. The molecule has 0 spiro atoms. The van der Waals surface area contributed by atoms with Crippen molar-refractivity contribution < 1.29 is 12.8 Å². The minimum atomic E-state index is -3.83. The quantitative estimate of drug-likeness (QED) is 0.859. The summed E-state index contributed by atoms with van der Waals surface area (Å²) < 4.78 is 39.9. The van der Waals surface area contributed by atoms with E-state index < -0.39 is 21.4 Å². The molecule has 0 N–H and O–H groups in total. The van der Waals surface area contributed by atoms with Gasteiger partial charge in [0.25, 0.3) is 0 Å². The summed E-state index contributed by atoms with van der Waals surface area (Å²) in [5.41, 5.74) is -0.409. The van der Waals surface area contributed by atoms with Crippen molar-refractivity contribution in [2.75, 3.05) is 13.6 Å². The van der Waals surface area contributed by atoms with Crippen LogP contribution in [0.4, 0.5) is 4.39 Å². The fraction of sp³-hybridized carbons (Fsp3) is 0.533. The highest BCUT2D eigenvalue weighted by Gasteiger charge is 2.28. The van der Waals surface area contributed by atoms with Crippen LogP contribution in [-0.4, -0.2) is 26.3 Å². The predicted molar refractivity (Wildman–Crippen MR) is 77.5 cm³/mol. The topological polar surface area (TPSA) is 61.2 Å². The van der Waals surface area contributed by atoms with Crippen molar-refractivity contribution in [1.82, 2.24) is 4.31 Å². The van der Waals surface area contributed by atoms with Crippen LogP contribution in [0.3, 0.4) is 0 Å². The van der Waals surface area contributed by atoms with Crippen LogP contribution in [-0.2, 0) is 10.0 Å². The van der Waals surface area contributed by atoms with Crippen molar-refractivity contribution in [2.24, 2.45) is 5.92 Å². The monoisotopic (exact) mass is 310 g/mol. The molecule has 0 bridgehead atoms. The van der Waals surface area contributed by atoms with Gasteiger partial charge in [-0.2, -0.15) is 5.26 Å². The number of sulfonamides is 1. The third kappa shape index (κ3) is 3.42. The molecule has 0 atom stereocenters. The van der Waals surface area contributed by atoms with E-state index in [0.29, 0.717) is 12.5 Å². The average molecular weight is 310 g/mol. The van der Waals surface area contributed by atoms with Crippen LogP contribution in [0.15, 0.2) is 23.1 Å². The average Bonchev–Trinajstić information content (AvgIpc) is 2.48. The first-order valence-electron chi connectivity index (χ1n) is 7.11. The Kier molecular flexibility index (Phi) is 4.96. The minimum Gasteiger partial charge on any atom is -0.207 e. The lowest BCUT2D eigenvalue weighted by atomic mass is 9.89. The van der Waals surface area contributed by atoms with Gasteiger partial charge in [-0.25, -0.2) is 17.1 Å². The van der Waals surface area contributed by atoms with Crippen LogP contribution in [0.25, 0.3) is 0 Å². The molecular formula is C15H19FN2O2S. The molecule has 0 unspecified atom stereocenters. The van der Waals surface area contributed by atoms with Gasteiger partial charge < -0.3 is 0 Å². The van der Waals surface area contributed by atoms with E-state index >= 15 is 0 Å². The number of hydrogen-bond acceptors (Lipinski definition) is 3. The smallest absolute Gasteiger partial charge is 0.207 e. The minimum absolute atomic E-state index is 0.247. The molecule has 6 heteroatoms. The Hall–Kier alpha value is -1.45. The normalized spacial score (nSPS) is 16.9. The van der Waals surface area contributed by atoms with Gasteiger partial charge in [0.1, 0.15) is 22.3 Å². The van der Waals surface area contributed by atoms with Gasteiger partial charge in [-0.15, -0.1) is 0 Å². The molecule has 1 aliphatic carbocycles. The van der Waals surface area contributed by atoms with E-state index in [1.807, 2.05) is 0 Å². The summed E-state index contributed by atoms with van der Waals surface area (Å²) in [6.07, 6.45) is 5.50. The van der Waals surface area contributed by atoms with Gasteiger partial charge in [0.15, 0.2) is 0 Å². The largest absolute Gasteiger partial charge is 0.244 e. The van der Waals surface area contributed by atoms with E-state index in [-0.39, 0.29) is 4.90 Å². The van der Waals surface area contributed by atoms with Gasteiger partial charge in [0, 0.05) is 13.6 Å². The third-order valence-corrected chi connectivity index (χ3v) is 5.88. The van der Waals surface area contributed by atoms with Crippen molar-refractivity contribution in [3.63, 3.8) is 0 Å². The molecule has 0 heterocycles. The van der Waals surface area contributed by atoms with Crippen molar-refractivity contribution in [3.8, 4) is 6.07 Å². The van der Waals surface area contributed by atoms with Gasteiger partial charge >= 0.3 is 0 Å². The lowest BCUT2D eigenvalue weighted by Gasteiger charge is -2.26. The number of benzene rings is 1. The Morgan fingerprint density at radius 3 is 2.62 bits per heavy atom. The first-order valence-corrected chi connectivity index (χ1v) is 8.55. The molecule has 0 aromatic heterocycles. The van der Waals surface area contributed by atoms with Crippen LogP contribution in [0, 0.1) is 23.1 Å².